The van der Waals surface area contributed by atoms with Gasteiger partial charge in [-0.3, -0.25) is 19.7 Å². The highest BCUT2D eigenvalue weighted by Gasteiger charge is 2.67. The molecule has 2 bridgehead atoms. The second kappa shape index (κ2) is 4.39. The largest absolute Gasteiger partial charge is 0.481 e. The van der Waals surface area contributed by atoms with Gasteiger partial charge >= 0.3 is 5.97 Å². The van der Waals surface area contributed by atoms with Gasteiger partial charge in [-0.15, -0.1) is 0 Å². The number of hydrogen-bond donors (Lipinski definition) is 1. The maximum absolute atomic E-state index is 12.7. The zero-order chi connectivity index (χ0) is 16.4. The van der Waals surface area contributed by atoms with Crippen LogP contribution in [-0.4, -0.2) is 40.2 Å². The first kappa shape index (κ1) is 13.9. The van der Waals surface area contributed by atoms with Crippen molar-refractivity contribution in [3.8, 4) is 0 Å². The Kier molecular flexibility index (Phi) is 2.65. The van der Waals surface area contributed by atoms with Crippen LogP contribution in [-0.2, 0) is 14.3 Å². The number of carbonyl (C=O) groups is 2. The van der Waals surface area contributed by atoms with Crippen molar-refractivity contribution in [3.05, 3.63) is 46.5 Å². The Morgan fingerprint density at radius 2 is 2.26 bits per heavy atom. The van der Waals surface area contributed by atoms with Gasteiger partial charge in [0, 0.05) is 12.1 Å². The molecule has 23 heavy (non-hydrogen) atoms. The van der Waals surface area contributed by atoms with Crippen LogP contribution in [0.15, 0.2) is 36.4 Å². The molecule has 0 aliphatic carbocycles. The predicted octanol–water partition coefficient (Wildman–Crippen LogP) is 0.966. The first-order valence-electron chi connectivity index (χ1n) is 7.09. The fraction of sp³-hybridized carbons (Fsp3) is 0.333. The van der Waals surface area contributed by atoms with E-state index in [0.717, 1.165) is 0 Å². The first-order valence-corrected chi connectivity index (χ1v) is 7.09. The number of nitro benzene ring substituents is 1. The third kappa shape index (κ3) is 1.75. The Balaban J connectivity index is 1.73. The van der Waals surface area contributed by atoms with Crippen molar-refractivity contribution in [2.45, 2.75) is 11.7 Å². The summed E-state index contributed by atoms with van der Waals surface area (Å²) in [6.07, 6.45) is 2.84. The third-order valence-electron chi connectivity index (χ3n) is 4.74. The molecule has 0 radical (unpaired) electrons. The summed E-state index contributed by atoms with van der Waals surface area (Å²) in [5, 5.41) is 20.3. The van der Waals surface area contributed by atoms with Crippen molar-refractivity contribution in [1.29, 1.82) is 0 Å². The average Bonchev–Trinajstić information content (AvgIpc) is 3.15. The summed E-state index contributed by atoms with van der Waals surface area (Å²) in [6.45, 7) is 0.161. The molecule has 1 N–H and O–H groups in total. The van der Waals surface area contributed by atoms with Gasteiger partial charge in [0.15, 0.2) is 0 Å². The average molecular weight is 316 g/mol. The van der Waals surface area contributed by atoms with Crippen molar-refractivity contribution in [3.63, 3.8) is 0 Å². The van der Waals surface area contributed by atoms with Crippen LogP contribution < -0.4 is 4.90 Å². The quantitative estimate of drug-likeness (QED) is 0.505. The number of rotatable bonds is 3. The molecular formula is C15H12N2O6. The number of benzene rings is 1. The van der Waals surface area contributed by atoms with Gasteiger partial charge < -0.3 is 14.7 Å². The van der Waals surface area contributed by atoms with Gasteiger partial charge in [0.05, 0.1) is 29.2 Å². The van der Waals surface area contributed by atoms with Gasteiger partial charge in [-0.25, -0.2) is 0 Å². The highest BCUT2D eigenvalue weighted by molar-refractivity contribution is 6.02. The zero-order valence-corrected chi connectivity index (χ0v) is 11.8. The molecule has 0 saturated carbocycles. The van der Waals surface area contributed by atoms with Crippen molar-refractivity contribution < 1.29 is 24.4 Å². The maximum Gasteiger partial charge on any atom is 0.310 e. The zero-order valence-electron chi connectivity index (χ0n) is 11.8. The molecule has 8 nitrogen and oxygen atoms in total. The SMILES string of the molecule is O=C(O)[C@H]1[C@H]2C=C[C@@]3(CN(c4cccc([N+](=O)[O-])c4)C(=O)[C@@H]13)O2. The van der Waals surface area contributed by atoms with Crippen LogP contribution in [0.4, 0.5) is 11.4 Å². The highest BCUT2D eigenvalue weighted by atomic mass is 16.6. The number of aliphatic carboxylic acids is 1. The van der Waals surface area contributed by atoms with Crippen LogP contribution in [0.2, 0.25) is 0 Å². The van der Waals surface area contributed by atoms with Crippen LogP contribution >= 0.6 is 0 Å². The summed E-state index contributed by atoms with van der Waals surface area (Å²) in [5.74, 6) is -3.16. The Hall–Kier alpha value is -2.74. The Labute approximate surface area is 130 Å². The minimum atomic E-state index is -1.07. The van der Waals surface area contributed by atoms with Gasteiger partial charge in [-0.2, -0.15) is 0 Å². The fourth-order valence-electron chi connectivity index (χ4n) is 3.77. The van der Waals surface area contributed by atoms with Gasteiger partial charge in [0.25, 0.3) is 5.69 Å². The number of fused-ring (bicyclic) bond motifs is 1. The molecule has 1 aromatic carbocycles. The molecule has 8 heteroatoms. The fourth-order valence-corrected chi connectivity index (χ4v) is 3.77. The molecule has 0 unspecified atom stereocenters. The van der Waals surface area contributed by atoms with Crippen LogP contribution in [0, 0.1) is 22.0 Å². The summed E-state index contributed by atoms with van der Waals surface area (Å²) >= 11 is 0. The smallest absolute Gasteiger partial charge is 0.310 e. The number of carboxylic acids is 1. The Morgan fingerprint density at radius 1 is 1.48 bits per heavy atom. The molecule has 3 heterocycles. The monoisotopic (exact) mass is 316 g/mol. The van der Waals surface area contributed by atoms with E-state index in [-0.39, 0.29) is 18.1 Å². The van der Waals surface area contributed by atoms with E-state index in [4.69, 9.17) is 4.74 Å². The number of nitrogens with zero attached hydrogens (tertiary/aromatic N) is 2. The lowest BCUT2D eigenvalue weighted by atomic mass is 9.77. The van der Waals surface area contributed by atoms with Gasteiger partial charge in [0.2, 0.25) is 5.91 Å². The Bertz CT molecular complexity index is 775. The Morgan fingerprint density at radius 3 is 2.96 bits per heavy atom. The number of hydrogen-bond acceptors (Lipinski definition) is 5. The molecule has 4 atom stereocenters. The van der Waals surface area contributed by atoms with Crippen LogP contribution in [0.1, 0.15) is 0 Å². The van der Waals surface area contributed by atoms with Crippen molar-refractivity contribution in [1.82, 2.24) is 0 Å². The molecule has 1 spiro atoms. The number of carboxylic acid groups (broad SMARTS) is 1. The number of nitro groups is 1. The number of anilines is 1. The molecule has 1 amide bonds. The van der Waals surface area contributed by atoms with Crippen molar-refractivity contribution >= 4 is 23.3 Å². The van der Waals surface area contributed by atoms with E-state index >= 15 is 0 Å². The van der Waals surface area contributed by atoms with Crippen LogP contribution in [0.25, 0.3) is 0 Å². The van der Waals surface area contributed by atoms with E-state index in [9.17, 15) is 24.8 Å². The summed E-state index contributed by atoms with van der Waals surface area (Å²) < 4.78 is 5.77. The molecular weight excluding hydrogens is 304 g/mol. The lowest BCUT2D eigenvalue weighted by molar-refractivity contribution is -0.384. The number of amides is 1. The van der Waals surface area contributed by atoms with Gasteiger partial charge in [-0.1, -0.05) is 18.2 Å². The summed E-state index contributed by atoms with van der Waals surface area (Å²) in [6, 6.07) is 5.73. The van der Waals surface area contributed by atoms with E-state index in [1.54, 1.807) is 18.2 Å². The number of non-ortho nitro benzene ring substituents is 1. The predicted molar refractivity (Wildman–Crippen MR) is 76.8 cm³/mol. The van der Waals surface area contributed by atoms with E-state index in [1.807, 2.05) is 0 Å². The molecule has 3 aliphatic heterocycles. The number of carbonyl (C=O) groups excluding carboxylic acids is 1. The topological polar surface area (TPSA) is 110 Å². The van der Waals surface area contributed by atoms with Crippen LogP contribution in [0.3, 0.4) is 0 Å². The lowest BCUT2D eigenvalue weighted by Gasteiger charge is -2.21. The summed E-state index contributed by atoms with van der Waals surface area (Å²) in [5.41, 5.74) is -0.701. The van der Waals surface area contributed by atoms with Crippen molar-refractivity contribution in [2.24, 2.45) is 11.8 Å². The molecule has 0 aromatic heterocycles. The third-order valence-corrected chi connectivity index (χ3v) is 4.74. The van der Waals surface area contributed by atoms with E-state index in [0.29, 0.717) is 5.69 Å². The standard InChI is InChI=1S/C15H12N2O6/c18-13-12-11(14(19)20)10-4-5-15(12,23-10)7-16(13)8-2-1-3-9(6-8)17(21)22/h1-6,10-12H,7H2,(H,19,20)/t10-,11+,12-,15+/m1/s1. The number of ether oxygens (including phenoxy) is 1. The minimum absolute atomic E-state index is 0.125. The second-order valence-corrected chi connectivity index (χ2v) is 5.94. The van der Waals surface area contributed by atoms with Gasteiger partial charge in [0.1, 0.15) is 11.5 Å². The summed E-state index contributed by atoms with van der Waals surface area (Å²) in [7, 11) is 0. The molecule has 118 valence electrons. The maximum atomic E-state index is 12.7. The molecule has 3 aliphatic rings. The van der Waals surface area contributed by atoms with E-state index < -0.39 is 34.4 Å². The van der Waals surface area contributed by atoms with Crippen molar-refractivity contribution in [2.75, 3.05) is 11.4 Å². The molecule has 1 aromatic rings. The minimum Gasteiger partial charge on any atom is -0.481 e. The van der Waals surface area contributed by atoms with E-state index in [2.05, 4.69) is 0 Å². The molecule has 2 saturated heterocycles. The van der Waals surface area contributed by atoms with Gasteiger partial charge in [-0.05, 0) is 6.07 Å². The first-order chi connectivity index (χ1) is 10.9. The molecule has 4 rings (SSSR count). The second-order valence-electron chi connectivity index (χ2n) is 5.94. The van der Waals surface area contributed by atoms with E-state index in [1.165, 1.54) is 23.1 Å². The molecule has 2 fully saturated rings. The van der Waals surface area contributed by atoms with Crippen LogP contribution in [0.5, 0.6) is 0 Å². The highest BCUT2D eigenvalue weighted by Crippen LogP contribution is 2.52. The summed E-state index contributed by atoms with van der Waals surface area (Å²) in [4.78, 5) is 36.0. The normalized spacial score (nSPS) is 34.0. The lowest BCUT2D eigenvalue weighted by Crippen LogP contribution is -2.39.